The van der Waals surface area contributed by atoms with Crippen LogP contribution >= 0.6 is 0 Å². The minimum atomic E-state index is 0.565. The van der Waals surface area contributed by atoms with Gasteiger partial charge in [0.1, 0.15) is 0 Å². The third kappa shape index (κ3) is 9.28. The van der Waals surface area contributed by atoms with Crippen molar-refractivity contribution in [3.8, 4) is 6.07 Å². The van der Waals surface area contributed by atoms with E-state index in [0.29, 0.717) is 17.5 Å². The molecule has 1 aromatic carbocycles. The first-order valence-electron chi connectivity index (χ1n) is 14.8. The van der Waals surface area contributed by atoms with Gasteiger partial charge in [-0.15, -0.1) is 5.10 Å². The summed E-state index contributed by atoms with van der Waals surface area (Å²) in [4.78, 5) is 2.10. The molecule has 3 rings (SSSR count). The van der Waals surface area contributed by atoms with Crippen LogP contribution in [0.1, 0.15) is 89.6 Å². The molecule has 0 bridgehead atoms. The molecule has 2 aromatic rings. The molecular formula is C34H51N5O. The zero-order chi connectivity index (χ0) is 29.7. The number of nitriles is 1. The summed E-state index contributed by atoms with van der Waals surface area (Å²) in [6.07, 6.45) is 11.4. The maximum Gasteiger partial charge on any atom is 0.156 e. The summed E-state index contributed by atoms with van der Waals surface area (Å²) in [6.45, 7) is 18.5. The number of benzene rings is 1. The van der Waals surface area contributed by atoms with Gasteiger partial charge in [-0.25, -0.2) is 0 Å². The van der Waals surface area contributed by atoms with Gasteiger partial charge in [-0.1, -0.05) is 64.0 Å². The molecule has 218 valence electrons. The lowest BCUT2D eigenvalue weighted by Crippen LogP contribution is -2.43. The SMILES string of the molecule is C/C=c1/c(CN(C)C)nnc(NCc2cccc(C#N)c2C)/c1=C/C(C)=C/CC.CCC(C)CC1(CC)COC1. The van der Waals surface area contributed by atoms with Gasteiger partial charge in [0.05, 0.1) is 30.5 Å². The third-order valence-electron chi connectivity index (χ3n) is 7.84. The lowest BCUT2D eigenvalue weighted by molar-refractivity contribution is -0.125. The molecule has 1 N–H and O–H groups in total. The minimum absolute atomic E-state index is 0.565. The van der Waals surface area contributed by atoms with Gasteiger partial charge < -0.3 is 15.0 Å². The van der Waals surface area contributed by atoms with Crippen molar-refractivity contribution in [2.24, 2.45) is 11.3 Å². The quantitative estimate of drug-likeness (QED) is 0.367. The van der Waals surface area contributed by atoms with Crippen LogP contribution in [0.15, 0.2) is 29.8 Å². The Hall–Kier alpha value is -3.01. The van der Waals surface area contributed by atoms with Gasteiger partial charge in [0.25, 0.3) is 0 Å². The molecular weight excluding hydrogens is 494 g/mol. The van der Waals surface area contributed by atoms with Gasteiger partial charge in [-0.05, 0) is 83.3 Å². The van der Waals surface area contributed by atoms with E-state index in [1.807, 2.05) is 46.1 Å². The summed E-state index contributed by atoms with van der Waals surface area (Å²) in [5.74, 6) is 1.63. The van der Waals surface area contributed by atoms with Crippen LogP contribution < -0.4 is 15.8 Å². The molecule has 2 heterocycles. The normalized spacial score (nSPS) is 16.2. The van der Waals surface area contributed by atoms with Crippen LogP contribution in [-0.4, -0.2) is 42.4 Å². The first-order chi connectivity index (χ1) is 19.1. The molecule has 1 unspecified atom stereocenters. The van der Waals surface area contributed by atoms with Gasteiger partial charge in [0, 0.05) is 28.9 Å². The third-order valence-corrected chi connectivity index (χ3v) is 7.84. The smallest absolute Gasteiger partial charge is 0.156 e. The second-order valence-corrected chi connectivity index (χ2v) is 11.5. The number of aromatic nitrogens is 2. The topological polar surface area (TPSA) is 74.1 Å². The highest BCUT2D eigenvalue weighted by Gasteiger charge is 2.37. The lowest BCUT2D eigenvalue weighted by Gasteiger charge is -2.42. The highest BCUT2D eigenvalue weighted by atomic mass is 16.5. The van der Waals surface area contributed by atoms with Crippen molar-refractivity contribution in [3.63, 3.8) is 0 Å². The zero-order valence-corrected chi connectivity index (χ0v) is 26.4. The fraction of sp³-hybridized carbons (Fsp3) is 0.559. The van der Waals surface area contributed by atoms with E-state index in [1.54, 1.807) is 0 Å². The standard InChI is InChI=1S/C24H31N5.C10H20O/c1-7-10-17(3)13-22-21(8-2)23(16-29(5)6)27-28-24(22)26-15-20-12-9-11-19(14-25)18(20)4;1-4-9(3)6-10(5-2)7-11-8-10/h8-13H,7,15-16H2,1-6H3,(H,26,28);9H,4-8H2,1-3H3/b17-10+,21-8+,22-13+;. The van der Waals surface area contributed by atoms with Crippen molar-refractivity contribution in [2.45, 2.75) is 87.2 Å². The molecule has 6 heteroatoms. The van der Waals surface area contributed by atoms with Crippen molar-refractivity contribution < 1.29 is 4.74 Å². The molecule has 1 aromatic heterocycles. The Morgan fingerprint density at radius 1 is 1.20 bits per heavy atom. The van der Waals surface area contributed by atoms with Gasteiger partial charge in [0.2, 0.25) is 0 Å². The average molecular weight is 546 g/mol. The predicted octanol–water partition coefficient (Wildman–Crippen LogP) is 6.12. The molecule has 6 nitrogen and oxygen atoms in total. The van der Waals surface area contributed by atoms with E-state index >= 15 is 0 Å². The fourth-order valence-corrected chi connectivity index (χ4v) is 5.04. The highest BCUT2D eigenvalue weighted by molar-refractivity contribution is 5.54. The first-order valence-corrected chi connectivity index (χ1v) is 14.8. The van der Waals surface area contributed by atoms with Crippen LogP contribution in [0.5, 0.6) is 0 Å². The van der Waals surface area contributed by atoms with Crippen molar-refractivity contribution >= 4 is 18.0 Å². The van der Waals surface area contributed by atoms with E-state index in [1.165, 1.54) is 24.8 Å². The summed E-state index contributed by atoms with van der Waals surface area (Å²) in [6, 6.07) is 8.05. The summed E-state index contributed by atoms with van der Waals surface area (Å²) in [5.41, 5.74) is 5.50. The number of anilines is 1. The zero-order valence-electron chi connectivity index (χ0n) is 26.4. The van der Waals surface area contributed by atoms with Crippen molar-refractivity contribution in [3.05, 3.63) is 62.7 Å². The minimum Gasteiger partial charge on any atom is -0.380 e. The van der Waals surface area contributed by atoms with E-state index in [2.05, 4.69) is 79.3 Å². The molecule has 0 aliphatic carbocycles. The Labute approximate surface area is 242 Å². The Balaban J connectivity index is 0.000000425. The van der Waals surface area contributed by atoms with Crippen LogP contribution in [0, 0.1) is 29.6 Å². The Morgan fingerprint density at radius 3 is 2.45 bits per heavy atom. The van der Waals surface area contributed by atoms with Gasteiger partial charge in [-0.2, -0.15) is 10.4 Å². The number of nitrogens with zero attached hydrogens (tertiary/aromatic N) is 4. The number of allylic oxidation sites excluding steroid dienone is 2. The number of ether oxygens (including phenoxy) is 1. The molecule has 1 aliphatic heterocycles. The van der Waals surface area contributed by atoms with Crippen LogP contribution in [0.25, 0.3) is 12.2 Å². The summed E-state index contributed by atoms with van der Waals surface area (Å²) >= 11 is 0. The second-order valence-electron chi connectivity index (χ2n) is 11.5. The van der Waals surface area contributed by atoms with Gasteiger partial charge in [0.15, 0.2) is 5.82 Å². The van der Waals surface area contributed by atoms with E-state index in [0.717, 1.165) is 65.2 Å². The molecule has 1 saturated heterocycles. The van der Waals surface area contributed by atoms with Crippen LogP contribution in [0.3, 0.4) is 0 Å². The number of nitrogens with one attached hydrogen (secondary N) is 1. The Kier molecular flexibility index (Phi) is 13.5. The highest BCUT2D eigenvalue weighted by Crippen LogP contribution is 2.38. The largest absolute Gasteiger partial charge is 0.380 e. The summed E-state index contributed by atoms with van der Waals surface area (Å²) in [7, 11) is 4.06. The Morgan fingerprint density at radius 2 is 1.93 bits per heavy atom. The molecule has 1 atom stereocenters. The molecule has 40 heavy (non-hydrogen) atoms. The van der Waals surface area contributed by atoms with Crippen molar-refractivity contribution in [1.29, 1.82) is 5.26 Å². The predicted molar refractivity (Wildman–Crippen MR) is 168 cm³/mol. The van der Waals surface area contributed by atoms with Crippen molar-refractivity contribution in [2.75, 3.05) is 32.6 Å². The number of hydrogen-bond acceptors (Lipinski definition) is 6. The molecule has 0 radical (unpaired) electrons. The number of rotatable bonds is 11. The maximum absolute atomic E-state index is 9.28. The molecule has 0 spiro atoms. The van der Waals surface area contributed by atoms with Crippen LogP contribution in [-0.2, 0) is 17.8 Å². The van der Waals surface area contributed by atoms with Crippen LogP contribution in [0.4, 0.5) is 5.82 Å². The van der Waals surface area contributed by atoms with E-state index in [-0.39, 0.29) is 0 Å². The Bertz CT molecular complexity index is 1280. The van der Waals surface area contributed by atoms with Crippen LogP contribution in [0.2, 0.25) is 0 Å². The summed E-state index contributed by atoms with van der Waals surface area (Å²) in [5, 5.41) is 23.9. The molecule has 0 amide bonds. The van der Waals surface area contributed by atoms with Crippen molar-refractivity contribution in [1.82, 2.24) is 15.1 Å². The lowest BCUT2D eigenvalue weighted by atomic mass is 9.75. The summed E-state index contributed by atoms with van der Waals surface area (Å²) < 4.78 is 5.27. The molecule has 0 saturated carbocycles. The monoisotopic (exact) mass is 545 g/mol. The average Bonchev–Trinajstić information content (AvgIpc) is 2.91. The van der Waals surface area contributed by atoms with E-state index in [4.69, 9.17) is 4.74 Å². The van der Waals surface area contributed by atoms with E-state index < -0.39 is 0 Å². The van der Waals surface area contributed by atoms with Gasteiger partial charge >= 0.3 is 0 Å². The maximum atomic E-state index is 9.28. The molecule has 1 fully saturated rings. The van der Waals surface area contributed by atoms with E-state index in [9.17, 15) is 5.26 Å². The second kappa shape index (κ2) is 16.3. The number of hydrogen-bond donors (Lipinski definition) is 1. The molecule has 1 aliphatic rings. The first kappa shape index (κ1) is 33.2. The fourth-order valence-electron chi connectivity index (χ4n) is 5.04. The van der Waals surface area contributed by atoms with Gasteiger partial charge in [-0.3, -0.25) is 0 Å².